The molecule has 1 saturated carbocycles. The third kappa shape index (κ3) is 3.86. The highest BCUT2D eigenvalue weighted by molar-refractivity contribution is 5.87. The Morgan fingerprint density at radius 3 is 2.79 bits per heavy atom. The molecule has 0 bridgehead atoms. The summed E-state index contributed by atoms with van der Waals surface area (Å²) in [7, 11) is 0. The zero-order valence-electron chi connectivity index (χ0n) is 15.7. The van der Waals surface area contributed by atoms with Gasteiger partial charge in [0.05, 0.1) is 11.6 Å². The molecule has 2 heterocycles. The molecule has 3 aliphatic rings. The van der Waals surface area contributed by atoms with Crippen LogP contribution in [0.4, 0.5) is 0 Å². The highest BCUT2D eigenvalue weighted by Crippen LogP contribution is 2.46. The van der Waals surface area contributed by atoms with Crippen molar-refractivity contribution in [2.45, 2.75) is 31.7 Å². The van der Waals surface area contributed by atoms with Crippen molar-refractivity contribution < 1.29 is 14.4 Å². The largest absolute Gasteiger partial charge is 0.356 e. The van der Waals surface area contributed by atoms with Crippen molar-refractivity contribution in [2.75, 3.05) is 19.6 Å². The van der Waals surface area contributed by atoms with Crippen LogP contribution in [0.1, 0.15) is 30.4 Å². The van der Waals surface area contributed by atoms with Crippen LogP contribution in [-0.4, -0.2) is 48.3 Å². The minimum atomic E-state index is -0.191. The fraction of sp³-hybridized carbons (Fsp3) is 0.524. The van der Waals surface area contributed by atoms with E-state index in [2.05, 4.69) is 16.7 Å². The van der Waals surface area contributed by atoms with E-state index in [0.717, 1.165) is 5.56 Å². The van der Waals surface area contributed by atoms with Gasteiger partial charge in [0.25, 0.3) is 0 Å². The number of aryl methyl sites for hydroxylation is 1. The summed E-state index contributed by atoms with van der Waals surface area (Å²) in [5, 5.41) is 14.8. The number of carbonyl (C=O) groups is 3. The van der Waals surface area contributed by atoms with Gasteiger partial charge in [-0.25, -0.2) is 0 Å². The molecule has 7 nitrogen and oxygen atoms in total. The van der Waals surface area contributed by atoms with Crippen molar-refractivity contribution in [3.05, 3.63) is 35.4 Å². The summed E-state index contributed by atoms with van der Waals surface area (Å²) in [6.07, 6.45) is 2.00. The van der Waals surface area contributed by atoms with Gasteiger partial charge in [-0.3, -0.25) is 14.4 Å². The number of hydrogen-bond donors (Lipinski definition) is 2. The summed E-state index contributed by atoms with van der Waals surface area (Å²) in [5.74, 6) is 0.551. The number of likely N-dealkylation sites (tertiary alicyclic amines) is 1. The van der Waals surface area contributed by atoms with Gasteiger partial charge in [-0.15, -0.1) is 0 Å². The molecule has 146 valence electrons. The van der Waals surface area contributed by atoms with Crippen LogP contribution >= 0.6 is 0 Å². The Kier molecular flexibility index (Phi) is 5.03. The van der Waals surface area contributed by atoms with E-state index in [9.17, 15) is 14.4 Å². The molecule has 2 aliphatic heterocycles. The molecule has 3 atom stereocenters. The Morgan fingerprint density at radius 2 is 2.07 bits per heavy atom. The fourth-order valence-electron chi connectivity index (χ4n) is 4.49. The minimum Gasteiger partial charge on any atom is -0.356 e. The highest BCUT2D eigenvalue weighted by atomic mass is 16.2. The third-order valence-corrected chi connectivity index (χ3v) is 6.13. The second-order valence-corrected chi connectivity index (χ2v) is 8.02. The molecule has 1 aromatic carbocycles. The van der Waals surface area contributed by atoms with Crippen LogP contribution in [0.2, 0.25) is 0 Å². The number of nitrogens with one attached hydrogen (secondary N) is 2. The van der Waals surface area contributed by atoms with Crippen LogP contribution in [0.5, 0.6) is 0 Å². The molecule has 7 heteroatoms. The van der Waals surface area contributed by atoms with Gasteiger partial charge in [-0.2, -0.15) is 5.26 Å². The summed E-state index contributed by atoms with van der Waals surface area (Å²) < 4.78 is 0. The maximum atomic E-state index is 12.6. The van der Waals surface area contributed by atoms with Crippen LogP contribution in [0.3, 0.4) is 0 Å². The molecular weight excluding hydrogens is 356 g/mol. The first-order chi connectivity index (χ1) is 13.5. The molecule has 28 heavy (non-hydrogen) atoms. The Labute approximate surface area is 164 Å². The van der Waals surface area contributed by atoms with E-state index in [0.29, 0.717) is 56.3 Å². The number of nitrogens with zero attached hydrogens (tertiary/aromatic N) is 2. The van der Waals surface area contributed by atoms with Crippen molar-refractivity contribution in [3.8, 4) is 6.07 Å². The maximum absolute atomic E-state index is 12.6. The lowest BCUT2D eigenvalue weighted by molar-refractivity contribution is -0.139. The molecule has 1 aromatic rings. The molecule has 2 saturated heterocycles. The summed E-state index contributed by atoms with van der Waals surface area (Å²) in [4.78, 5) is 38.2. The van der Waals surface area contributed by atoms with Crippen LogP contribution in [0, 0.1) is 29.1 Å². The molecular formula is C21H24N4O3. The van der Waals surface area contributed by atoms with Gasteiger partial charge in [-0.05, 0) is 30.5 Å². The first-order valence-electron chi connectivity index (χ1n) is 9.89. The molecule has 0 radical (unpaired) electrons. The lowest BCUT2D eigenvalue weighted by atomic mass is 9.96. The van der Waals surface area contributed by atoms with Gasteiger partial charge < -0.3 is 15.5 Å². The first-order valence-corrected chi connectivity index (χ1v) is 9.89. The predicted molar refractivity (Wildman–Crippen MR) is 101 cm³/mol. The van der Waals surface area contributed by atoms with Crippen LogP contribution in [-0.2, 0) is 20.8 Å². The summed E-state index contributed by atoms with van der Waals surface area (Å²) in [6.45, 7) is 1.93. The average molecular weight is 380 g/mol. The van der Waals surface area contributed by atoms with Crippen molar-refractivity contribution in [3.63, 3.8) is 0 Å². The summed E-state index contributed by atoms with van der Waals surface area (Å²) >= 11 is 0. The monoisotopic (exact) mass is 380 g/mol. The van der Waals surface area contributed by atoms with Crippen molar-refractivity contribution in [1.29, 1.82) is 5.26 Å². The highest BCUT2D eigenvalue weighted by Gasteiger charge is 2.57. The number of fused-ring (bicyclic) bond motifs is 1. The molecule has 4 rings (SSSR count). The Hall–Kier alpha value is -2.88. The Bertz CT molecular complexity index is 834. The van der Waals surface area contributed by atoms with Gasteiger partial charge in [0.2, 0.25) is 17.7 Å². The lowest BCUT2D eigenvalue weighted by Gasteiger charge is -2.27. The number of nitriles is 1. The molecule has 3 fully saturated rings. The topological polar surface area (TPSA) is 102 Å². The van der Waals surface area contributed by atoms with Gasteiger partial charge in [-0.1, -0.05) is 12.1 Å². The molecule has 0 spiro atoms. The molecule has 3 amide bonds. The number of rotatable bonds is 5. The van der Waals surface area contributed by atoms with Crippen molar-refractivity contribution in [1.82, 2.24) is 15.5 Å². The molecule has 1 aliphatic carbocycles. The number of benzene rings is 1. The van der Waals surface area contributed by atoms with Crippen molar-refractivity contribution >= 4 is 17.7 Å². The van der Waals surface area contributed by atoms with E-state index in [1.54, 1.807) is 6.07 Å². The van der Waals surface area contributed by atoms with E-state index in [-0.39, 0.29) is 36.1 Å². The zero-order valence-corrected chi connectivity index (χ0v) is 15.7. The van der Waals surface area contributed by atoms with E-state index in [1.807, 2.05) is 23.1 Å². The SMILES string of the molecule is N#Cc1cccc(CCC(=O)NC2[C@@H]3CN(C(=O)C4CCNC(=O)C4)C[C@@H]23)c1. The van der Waals surface area contributed by atoms with Gasteiger partial charge in [0, 0.05) is 56.3 Å². The first kappa shape index (κ1) is 18.5. The standard InChI is InChI=1S/C21H24N4O3/c22-10-14-3-1-2-13(8-14)4-5-18(26)24-20-16-11-25(12-17(16)20)21(28)15-6-7-23-19(27)9-15/h1-3,8,15-17,20H,4-7,9,11-12H2,(H,23,27)(H,24,26)/t15?,16-,17-/m1/s1. The van der Waals surface area contributed by atoms with Gasteiger partial charge >= 0.3 is 0 Å². The van der Waals surface area contributed by atoms with E-state index >= 15 is 0 Å². The second-order valence-electron chi connectivity index (χ2n) is 8.02. The van der Waals surface area contributed by atoms with Crippen LogP contribution in [0.25, 0.3) is 0 Å². The average Bonchev–Trinajstić information content (AvgIpc) is 3.13. The zero-order chi connectivity index (χ0) is 19.7. The number of amides is 3. The lowest BCUT2D eigenvalue weighted by Crippen LogP contribution is -2.44. The normalized spacial score (nSPS) is 28.1. The smallest absolute Gasteiger partial charge is 0.226 e. The summed E-state index contributed by atoms with van der Waals surface area (Å²) in [6, 6.07) is 9.59. The molecule has 1 unspecified atom stereocenters. The predicted octanol–water partition coefficient (Wildman–Crippen LogP) is 0.590. The van der Waals surface area contributed by atoms with Crippen molar-refractivity contribution in [2.24, 2.45) is 17.8 Å². The number of carbonyl (C=O) groups excluding carboxylic acids is 3. The number of piperidine rings is 2. The van der Waals surface area contributed by atoms with Crippen LogP contribution < -0.4 is 10.6 Å². The number of hydrogen-bond acceptors (Lipinski definition) is 4. The van der Waals surface area contributed by atoms with Crippen LogP contribution in [0.15, 0.2) is 24.3 Å². The Balaban J connectivity index is 1.20. The van der Waals surface area contributed by atoms with E-state index < -0.39 is 0 Å². The van der Waals surface area contributed by atoms with E-state index in [1.165, 1.54) is 0 Å². The quantitative estimate of drug-likeness (QED) is 0.780. The van der Waals surface area contributed by atoms with Gasteiger partial charge in [0.15, 0.2) is 0 Å². The summed E-state index contributed by atoms with van der Waals surface area (Å²) in [5.41, 5.74) is 1.59. The molecule has 0 aromatic heterocycles. The fourth-order valence-corrected chi connectivity index (χ4v) is 4.49. The minimum absolute atomic E-state index is 0.0172. The molecule has 2 N–H and O–H groups in total. The van der Waals surface area contributed by atoms with E-state index in [4.69, 9.17) is 5.26 Å². The van der Waals surface area contributed by atoms with Gasteiger partial charge in [0.1, 0.15) is 0 Å². The maximum Gasteiger partial charge on any atom is 0.226 e. The second kappa shape index (κ2) is 7.63. The third-order valence-electron chi connectivity index (χ3n) is 6.13. The Morgan fingerprint density at radius 1 is 1.29 bits per heavy atom.